The normalized spacial score (nSPS) is 18.7. The van der Waals surface area contributed by atoms with Crippen LogP contribution in [0.5, 0.6) is 5.75 Å². The molecule has 1 aliphatic heterocycles. The summed E-state index contributed by atoms with van der Waals surface area (Å²) in [7, 11) is 0. The van der Waals surface area contributed by atoms with Crippen LogP contribution in [0.15, 0.2) is 24.3 Å². The Hall–Kier alpha value is -1.06. The molecule has 3 heteroatoms. The number of ether oxygens (including phenoxy) is 1. The number of piperidine rings is 1. The predicted molar refractivity (Wildman–Crippen MR) is 103 cm³/mol. The van der Waals surface area contributed by atoms with Gasteiger partial charge >= 0.3 is 0 Å². The van der Waals surface area contributed by atoms with Crippen molar-refractivity contribution in [3.63, 3.8) is 0 Å². The van der Waals surface area contributed by atoms with Crippen LogP contribution in [-0.4, -0.2) is 37.7 Å². The third kappa shape index (κ3) is 7.23. The van der Waals surface area contributed by atoms with Crippen molar-refractivity contribution in [3.8, 4) is 5.75 Å². The van der Waals surface area contributed by atoms with Gasteiger partial charge in [0.1, 0.15) is 5.75 Å². The lowest BCUT2D eigenvalue weighted by Gasteiger charge is -2.32. The maximum absolute atomic E-state index is 5.84. The molecule has 1 saturated heterocycles. The molecule has 1 atom stereocenters. The van der Waals surface area contributed by atoms with E-state index in [1.165, 1.54) is 50.8 Å². The minimum Gasteiger partial charge on any atom is -0.494 e. The van der Waals surface area contributed by atoms with Crippen LogP contribution in [0.4, 0.5) is 0 Å². The van der Waals surface area contributed by atoms with Gasteiger partial charge in [-0.05, 0) is 62.5 Å². The minimum absolute atomic E-state index is 0.810. The third-order valence-corrected chi connectivity index (χ3v) is 4.88. The van der Waals surface area contributed by atoms with Gasteiger partial charge in [0, 0.05) is 13.1 Å². The van der Waals surface area contributed by atoms with Gasteiger partial charge in [0.15, 0.2) is 0 Å². The minimum atomic E-state index is 0.810. The Morgan fingerprint density at radius 1 is 1.12 bits per heavy atom. The van der Waals surface area contributed by atoms with Crippen molar-refractivity contribution in [2.24, 2.45) is 5.92 Å². The Bertz CT molecular complexity index is 432. The highest BCUT2D eigenvalue weighted by Crippen LogP contribution is 2.19. The second-order valence-corrected chi connectivity index (χ2v) is 7.10. The fourth-order valence-electron chi connectivity index (χ4n) is 3.48. The van der Waals surface area contributed by atoms with Crippen molar-refractivity contribution in [1.82, 2.24) is 10.2 Å². The Labute approximate surface area is 148 Å². The lowest BCUT2D eigenvalue weighted by Crippen LogP contribution is -2.39. The van der Waals surface area contributed by atoms with E-state index in [0.717, 1.165) is 44.3 Å². The van der Waals surface area contributed by atoms with Crippen LogP contribution in [0, 0.1) is 5.92 Å². The Kier molecular flexibility index (Phi) is 9.22. The van der Waals surface area contributed by atoms with E-state index in [0.29, 0.717) is 0 Å². The number of rotatable bonds is 11. The smallest absolute Gasteiger partial charge is 0.119 e. The summed E-state index contributed by atoms with van der Waals surface area (Å²) in [4.78, 5) is 2.60. The van der Waals surface area contributed by atoms with E-state index in [2.05, 4.69) is 48.3 Å². The van der Waals surface area contributed by atoms with Gasteiger partial charge < -0.3 is 10.1 Å². The van der Waals surface area contributed by atoms with Crippen molar-refractivity contribution in [2.45, 2.75) is 58.9 Å². The molecule has 0 saturated carbocycles. The Morgan fingerprint density at radius 2 is 1.96 bits per heavy atom. The van der Waals surface area contributed by atoms with Gasteiger partial charge in [0.05, 0.1) is 6.61 Å². The molecule has 0 bridgehead atoms. The Balaban J connectivity index is 1.70. The van der Waals surface area contributed by atoms with Gasteiger partial charge in [-0.3, -0.25) is 4.90 Å². The molecule has 24 heavy (non-hydrogen) atoms. The number of likely N-dealkylation sites (tertiary alicyclic amines) is 1. The summed E-state index contributed by atoms with van der Waals surface area (Å²) in [6, 6.07) is 8.73. The van der Waals surface area contributed by atoms with Crippen molar-refractivity contribution in [1.29, 1.82) is 0 Å². The molecule has 1 N–H and O–H groups in total. The maximum atomic E-state index is 5.84. The predicted octanol–water partition coefficient (Wildman–Crippen LogP) is 4.47. The molecule has 1 aliphatic rings. The summed E-state index contributed by atoms with van der Waals surface area (Å²) in [5.41, 5.74) is 1.40. The second-order valence-electron chi connectivity index (χ2n) is 7.10. The van der Waals surface area contributed by atoms with E-state index in [1.807, 2.05) is 0 Å². The van der Waals surface area contributed by atoms with E-state index in [9.17, 15) is 0 Å². The first-order valence-corrected chi connectivity index (χ1v) is 9.96. The van der Waals surface area contributed by atoms with E-state index in [-0.39, 0.29) is 0 Å². The number of nitrogens with zero attached hydrogens (tertiary/aromatic N) is 1. The molecule has 136 valence electrons. The van der Waals surface area contributed by atoms with Gasteiger partial charge in [0.25, 0.3) is 0 Å². The van der Waals surface area contributed by atoms with E-state index >= 15 is 0 Å². The van der Waals surface area contributed by atoms with Gasteiger partial charge in [0.2, 0.25) is 0 Å². The average Bonchev–Trinajstić information content (AvgIpc) is 2.61. The Morgan fingerprint density at radius 3 is 2.71 bits per heavy atom. The molecule has 1 unspecified atom stereocenters. The molecule has 0 aliphatic carbocycles. The average molecular weight is 333 g/mol. The standard InChI is InChI=1S/C21H36N2O/c1-3-5-6-7-15-24-21-12-10-19(11-13-21)17-23-14-8-9-20(18-23)16-22-4-2/h10-13,20,22H,3-9,14-18H2,1-2H3. The number of hydrogen-bond donors (Lipinski definition) is 1. The van der Waals surface area contributed by atoms with Crippen molar-refractivity contribution in [2.75, 3.05) is 32.8 Å². The SMILES string of the molecule is CCCCCCOc1ccc(CN2CCCC(CNCC)C2)cc1. The zero-order chi connectivity index (χ0) is 17.0. The zero-order valence-electron chi connectivity index (χ0n) is 15.7. The summed E-state index contributed by atoms with van der Waals surface area (Å²) in [6.07, 6.45) is 7.73. The molecule has 0 amide bonds. The molecule has 1 heterocycles. The largest absolute Gasteiger partial charge is 0.494 e. The molecular weight excluding hydrogens is 296 g/mol. The highest BCUT2D eigenvalue weighted by Gasteiger charge is 2.19. The van der Waals surface area contributed by atoms with Crippen molar-refractivity contribution in [3.05, 3.63) is 29.8 Å². The van der Waals surface area contributed by atoms with Crippen LogP contribution in [0.2, 0.25) is 0 Å². The molecule has 0 aromatic heterocycles. The maximum Gasteiger partial charge on any atom is 0.119 e. The highest BCUT2D eigenvalue weighted by molar-refractivity contribution is 5.27. The molecule has 0 spiro atoms. The van der Waals surface area contributed by atoms with Gasteiger partial charge in [-0.25, -0.2) is 0 Å². The summed E-state index contributed by atoms with van der Waals surface area (Å²) >= 11 is 0. The molecule has 1 fully saturated rings. The summed E-state index contributed by atoms with van der Waals surface area (Å²) < 4.78 is 5.84. The van der Waals surface area contributed by atoms with Gasteiger partial charge in [-0.1, -0.05) is 45.2 Å². The highest BCUT2D eigenvalue weighted by atomic mass is 16.5. The first-order chi connectivity index (χ1) is 11.8. The number of nitrogens with one attached hydrogen (secondary N) is 1. The molecule has 1 aromatic rings. The number of benzene rings is 1. The molecule has 1 aromatic carbocycles. The van der Waals surface area contributed by atoms with Gasteiger partial charge in [-0.15, -0.1) is 0 Å². The van der Waals surface area contributed by atoms with Crippen LogP contribution < -0.4 is 10.1 Å². The summed E-state index contributed by atoms with van der Waals surface area (Å²) in [6.45, 7) is 11.0. The quantitative estimate of drug-likeness (QED) is 0.605. The third-order valence-electron chi connectivity index (χ3n) is 4.88. The van der Waals surface area contributed by atoms with E-state index in [1.54, 1.807) is 0 Å². The number of unbranched alkanes of at least 4 members (excludes halogenated alkanes) is 3. The lowest BCUT2D eigenvalue weighted by atomic mass is 9.97. The fraction of sp³-hybridized carbons (Fsp3) is 0.714. The molecule has 3 nitrogen and oxygen atoms in total. The van der Waals surface area contributed by atoms with E-state index in [4.69, 9.17) is 4.74 Å². The van der Waals surface area contributed by atoms with Crippen LogP contribution in [-0.2, 0) is 6.54 Å². The van der Waals surface area contributed by atoms with Crippen LogP contribution in [0.25, 0.3) is 0 Å². The summed E-state index contributed by atoms with van der Waals surface area (Å²) in [5.74, 6) is 1.82. The van der Waals surface area contributed by atoms with Crippen LogP contribution in [0.3, 0.4) is 0 Å². The zero-order valence-corrected chi connectivity index (χ0v) is 15.7. The van der Waals surface area contributed by atoms with Crippen LogP contribution in [0.1, 0.15) is 57.9 Å². The fourth-order valence-corrected chi connectivity index (χ4v) is 3.48. The summed E-state index contributed by atoms with van der Waals surface area (Å²) in [5, 5.41) is 3.50. The monoisotopic (exact) mass is 332 g/mol. The molecular formula is C21H36N2O. The second kappa shape index (κ2) is 11.5. The van der Waals surface area contributed by atoms with Crippen LogP contribution >= 0.6 is 0 Å². The van der Waals surface area contributed by atoms with Gasteiger partial charge in [-0.2, -0.15) is 0 Å². The topological polar surface area (TPSA) is 24.5 Å². The van der Waals surface area contributed by atoms with E-state index < -0.39 is 0 Å². The first kappa shape index (κ1) is 19.3. The van der Waals surface area contributed by atoms with Crippen molar-refractivity contribution >= 4 is 0 Å². The molecule has 2 rings (SSSR count). The van der Waals surface area contributed by atoms with Crippen molar-refractivity contribution < 1.29 is 4.74 Å². The molecule has 0 radical (unpaired) electrons. The number of hydrogen-bond acceptors (Lipinski definition) is 3. The first-order valence-electron chi connectivity index (χ1n) is 9.96. The lowest BCUT2D eigenvalue weighted by molar-refractivity contribution is 0.166.